The van der Waals surface area contributed by atoms with Gasteiger partial charge in [0, 0.05) is 36.0 Å². The summed E-state index contributed by atoms with van der Waals surface area (Å²) in [5.41, 5.74) is 2.01. The summed E-state index contributed by atoms with van der Waals surface area (Å²) in [7, 11) is 5.49. The molecule has 0 fully saturated rings. The summed E-state index contributed by atoms with van der Waals surface area (Å²) in [6.45, 7) is 0.845. The molecule has 1 aromatic heterocycles. The van der Waals surface area contributed by atoms with Gasteiger partial charge in [-0.05, 0) is 30.8 Å². The number of nitrogens with one attached hydrogen (secondary N) is 1. The zero-order valence-corrected chi connectivity index (χ0v) is 18.4. The predicted octanol–water partition coefficient (Wildman–Crippen LogP) is 3.53. The molecule has 0 saturated heterocycles. The minimum atomic E-state index is -0.308. The van der Waals surface area contributed by atoms with Gasteiger partial charge in [0.25, 0.3) is 0 Å². The topological polar surface area (TPSA) is 59.4 Å². The van der Waals surface area contributed by atoms with E-state index in [1.807, 2.05) is 78.3 Å². The van der Waals surface area contributed by atoms with Crippen LogP contribution in [-0.2, 0) is 18.4 Å². The number of aromatic nitrogens is 2. The molecule has 1 atom stereocenters. The Kier molecular flexibility index (Phi) is 7.06. The lowest BCUT2D eigenvalue weighted by molar-refractivity contribution is -0.122. The van der Waals surface area contributed by atoms with E-state index in [1.165, 1.54) is 0 Å². The molecule has 1 N–H and O–H groups in total. The lowest BCUT2D eigenvalue weighted by Gasteiger charge is -2.22. The maximum absolute atomic E-state index is 12.8. The third-order valence-corrected chi connectivity index (χ3v) is 5.14. The molecule has 0 aliphatic carbocycles. The van der Waals surface area contributed by atoms with Crippen LogP contribution in [0.15, 0.2) is 65.4 Å². The number of aryl methyl sites for hydroxylation is 1. The molecule has 3 aromatic rings. The van der Waals surface area contributed by atoms with E-state index in [-0.39, 0.29) is 18.5 Å². The lowest BCUT2D eigenvalue weighted by atomic mass is 10.1. The maximum Gasteiger partial charge on any atom is 0.235 e. The fraction of sp³-hybridized carbons (Fsp3) is 0.273. The second kappa shape index (κ2) is 9.71. The van der Waals surface area contributed by atoms with Crippen LogP contribution in [-0.4, -0.2) is 41.1 Å². The summed E-state index contributed by atoms with van der Waals surface area (Å²) in [6.07, 6.45) is 3.62. The Bertz CT molecular complexity index is 958. The van der Waals surface area contributed by atoms with Gasteiger partial charge in [-0.3, -0.25) is 9.69 Å². The van der Waals surface area contributed by atoms with Gasteiger partial charge < -0.3 is 14.6 Å². The zero-order chi connectivity index (χ0) is 20.8. The standard InChI is InChI=1S/C22H25BrN4O2/c1-26(14-17-13-18(23)9-10-19(17)29-3)15-20(28)25-21(16-7-5-4-6-8-16)22-24-11-12-27(22)2/h4-13,21H,14-15H2,1-3H3,(H,25,28)/t21-/m1/s1. The number of hydrogen-bond donors (Lipinski definition) is 1. The van der Waals surface area contributed by atoms with E-state index in [9.17, 15) is 4.79 Å². The maximum atomic E-state index is 12.8. The minimum Gasteiger partial charge on any atom is -0.496 e. The van der Waals surface area contributed by atoms with E-state index in [2.05, 4.69) is 26.2 Å². The number of benzene rings is 2. The first kappa shape index (κ1) is 21.1. The quantitative estimate of drug-likeness (QED) is 0.563. The third-order valence-electron chi connectivity index (χ3n) is 4.65. The van der Waals surface area contributed by atoms with E-state index in [0.29, 0.717) is 6.54 Å². The van der Waals surface area contributed by atoms with E-state index >= 15 is 0 Å². The van der Waals surface area contributed by atoms with Crippen molar-refractivity contribution in [3.63, 3.8) is 0 Å². The number of nitrogens with zero attached hydrogens (tertiary/aromatic N) is 3. The highest BCUT2D eigenvalue weighted by molar-refractivity contribution is 9.10. The Morgan fingerprint density at radius 2 is 2.03 bits per heavy atom. The van der Waals surface area contributed by atoms with Crippen LogP contribution in [0.3, 0.4) is 0 Å². The monoisotopic (exact) mass is 456 g/mol. The number of carbonyl (C=O) groups excluding carboxylic acids is 1. The second-order valence-electron chi connectivity index (χ2n) is 6.94. The Labute approximate surface area is 179 Å². The number of halogens is 1. The molecule has 29 heavy (non-hydrogen) atoms. The summed E-state index contributed by atoms with van der Waals surface area (Å²) in [6, 6.07) is 15.4. The minimum absolute atomic E-state index is 0.0710. The highest BCUT2D eigenvalue weighted by Crippen LogP contribution is 2.24. The molecule has 6 nitrogen and oxygen atoms in total. The van der Waals surface area contributed by atoms with E-state index in [0.717, 1.165) is 27.2 Å². The number of ether oxygens (including phenoxy) is 1. The number of methoxy groups -OCH3 is 1. The van der Waals surface area contributed by atoms with Crippen LogP contribution in [0.2, 0.25) is 0 Å². The smallest absolute Gasteiger partial charge is 0.235 e. The molecule has 3 rings (SSSR count). The highest BCUT2D eigenvalue weighted by Gasteiger charge is 2.21. The Morgan fingerprint density at radius 3 is 2.69 bits per heavy atom. The normalized spacial score (nSPS) is 12.0. The molecule has 2 aromatic carbocycles. The van der Waals surface area contributed by atoms with Crippen molar-refractivity contribution in [1.82, 2.24) is 19.8 Å². The van der Waals surface area contributed by atoms with Crippen LogP contribution < -0.4 is 10.1 Å². The summed E-state index contributed by atoms with van der Waals surface area (Å²) in [4.78, 5) is 19.2. The molecule has 0 radical (unpaired) electrons. The number of amides is 1. The molecule has 0 unspecified atom stereocenters. The van der Waals surface area contributed by atoms with Crippen LogP contribution >= 0.6 is 15.9 Å². The fourth-order valence-electron chi connectivity index (χ4n) is 3.27. The molecular weight excluding hydrogens is 432 g/mol. The molecule has 1 amide bonds. The fourth-order valence-corrected chi connectivity index (χ4v) is 3.68. The average molecular weight is 457 g/mol. The molecule has 0 aliphatic rings. The second-order valence-corrected chi connectivity index (χ2v) is 7.85. The van der Waals surface area contributed by atoms with Crippen molar-refractivity contribution in [2.24, 2.45) is 7.05 Å². The van der Waals surface area contributed by atoms with Crippen molar-refractivity contribution in [3.8, 4) is 5.75 Å². The van der Waals surface area contributed by atoms with Crippen LogP contribution in [0.1, 0.15) is 23.0 Å². The van der Waals surface area contributed by atoms with Crippen LogP contribution in [0.25, 0.3) is 0 Å². The molecular formula is C22H25BrN4O2. The van der Waals surface area contributed by atoms with Crippen LogP contribution in [0, 0.1) is 0 Å². The summed E-state index contributed by atoms with van der Waals surface area (Å²) in [5.74, 6) is 1.52. The van der Waals surface area contributed by atoms with Crippen molar-refractivity contribution < 1.29 is 9.53 Å². The van der Waals surface area contributed by atoms with E-state index < -0.39 is 0 Å². The Balaban J connectivity index is 1.71. The van der Waals surface area contributed by atoms with E-state index in [1.54, 1.807) is 13.3 Å². The summed E-state index contributed by atoms with van der Waals surface area (Å²) >= 11 is 3.49. The SMILES string of the molecule is COc1ccc(Br)cc1CN(C)CC(=O)N[C@H](c1ccccc1)c1nccn1C. The van der Waals surface area contributed by atoms with Crippen molar-refractivity contribution in [2.45, 2.75) is 12.6 Å². The number of hydrogen-bond acceptors (Lipinski definition) is 4. The van der Waals surface area contributed by atoms with Crippen molar-refractivity contribution in [1.29, 1.82) is 0 Å². The van der Waals surface area contributed by atoms with Gasteiger partial charge >= 0.3 is 0 Å². The van der Waals surface area contributed by atoms with Gasteiger partial charge in [0.15, 0.2) is 0 Å². The molecule has 0 saturated carbocycles. The van der Waals surface area contributed by atoms with Gasteiger partial charge in [-0.1, -0.05) is 46.3 Å². The molecule has 7 heteroatoms. The van der Waals surface area contributed by atoms with Gasteiger partial charge in [-0.15, -0.1) is 0 Å². The van der Waals surface area contributed by atoms with E-state index in [4.69, 9.17) is 4.74 Å². The first-order valence-corrected chi connectivity index (χ1v) is 10.1. The molecule has 152 valence electrons. The molecule has 0 aliphatic heterocycles. The number of imidazole rings is 1. The van der Waals surface area contributed by atoms with Crippen molar-refractivity contribution >= 4 is 21.8 Å². The van der Waals surface area contributed by atoms with Gasteiger partial charge in [-0.25, -0.2) is 4.98 Å². The van der Waals surface area contributed by atoms with Gasteiger partial charge in [0.1, 0.15) is 17.6 Å². The first-order valence-electron chi connectivity index (χ1n) is 9.30. The summed E-state index contributed by atoms with van der Waals surface area (Å²) in [5, 5.41) is 3.13. The number of likely N-dealkylation sites (N-methyl/N-ethyl adjacent to an activating group) is 1. The Morgan fingerprint density at radius 1 is 1.28 bits per heavy atom. The lowest BCUT2D eigenvalue weighted by Crippen LogP contribution is -2.38. The van der Waals surface area contributed by atoms with Gasteiger partial charge in [0.05, 0.1) is 13.7 Å². The predicted molar refractivity (Wildman–Crippen MR) is 117 cm³/mol. The highest BCUT2D eigenvalue weighted by atomic mass is 79.9. The van der Waals surface area contributed by atoms with Crippen molar-refractivity contribution in [3.05, 3.63) is 82.3 Å². The summed E-state index contributed by atoms with van der Waals surface area (Å²) < 4.78 is 8.33. The molecule has 0 spiro atoms. The third kappa shape index (κ3) is 5.46. The van der Waals surface area contributed by atoms with Crippen LogP contribution in [0.4, 0.5) is 0 Å². The first-order chi connectivity index (χ1) is 14.0. The number of rotatable bonds is 8. The molecule has 1 heterocycles. The van der Waals surface area contributed by atoms with Gasteiger partial charge in [-0.2, -0.15) is 0 Å². The molecule has 0 bridgehead atoms. The number of carbonyl (C=O) groups is 1. The largest absolute Gasteiger partial charge is 0.496 e. The average Bonchev–Trinajstić information content (AvgIpc) is 3.12. The Hall–Kier alpha value is -2.64. The zero-order valence-electron chi connectivity index (χ0n) is 16.8. The van der Waals surface area contributed by atoms with Crippen LogP contribution in [0.5, 0.6) is 5.75 Å². The van der Waals surface area contributed by atoms with Crippen molar-refractivity contribution in [2.75, 3.05) is 20.7 Å². The van der Waals surface area contributed by atoms with Gasteiger partial charge in [0.2, 0.25) is 5.91 Å².